The van der Waals surface area contributed by atoms with Crippen molar-refractivity contribution in [3.8, 4) is 5.75 Å². The molecule has 2 aliphatic rings. The van der Waals surface area contributed by atoms with Crippen LogP contribution in [0.25, 0.3) is 6.08 Å². The minimum atomic E-state index is -0.478. The lowest BCUT2D eigenvalue weighted by molar-refractivity contribution is -0.136. The molecule has 0 radical (unpaired) electrons. The summed E-state index contributed by atoms with van der Waals surface area (Å²) in [4.78, 5) is 52.7. The molecule has 8 nitrogen and oxygen atoms in total. The van der Waals surface area contributed by atoms with Gasteiger partial charge in [0.2, 0.25) is 5.91 Å². The maximum absolute atomic E-state index is 12.8. The van der Waals surface area contributed by atoms with Gasteiger partial charge in [-0.1, -0.05) is 30.3 Å². The molecule has 4 rings (SSSR count). The van der Waals surface area contributed by atoms with Crippen molar-refractivity contribution in [1.82, 2.24) is 9.80 Å². The average molecular weight is 480 g/mol. The van der Waals surface area contributed by atoms with Gasteiger partial charge in [-0.05, 0) is 66.9 Å². The summed E-state index contributed by atoms with van der Waals surface area (Å²) in [6.45, 7) is 0.928. The van der Waals surface area contributed by atoms with Crippen molar-refractivity contribution in [2.24, 2.45) is 0 Å². The van der Waals surface area contributed by atoms with E-state index >= 15 is 0 Å². The first-order chi connectivity index (χ1) is 16.5. The predicted octanol–water partition coefficient (Wildman–Crippen LogP) is 3.75. The summed E-state index contributed by atoms with van der Waals surface area (Å²) in [6, 6.07) is 16.0. The number of benzene rings is 2. The van der Waals surface area contributed by atoms with Crippen molar-refractivity contribution in [2.75, 3.05) is 31.6 Å². The van der Waals surface area contributed by atoms with Gasteiger partial charge >= 0.3 is 0 Å². The van der Waals surface area contributed by atoms with Crippen molar-refractivity contribution >= 4 is 46.5 Å². The maximum Gasteiger partial charge on any atom is 0.294 e. The van der Waals surface area contributed by atoms with Gasteiger partial charge in [-0.15, -0.1) is 0 Å². The van der Waals surface area contributed by atoms with Crippen LogP contribution in [0.3, 0.4) is 0 Å². The Kier molecular flexibility index (Phi) is 7.64. The lowest BCUT2D eigenvalue weighted by Gasteiger charge is -2.27. The second-order valence-corrected chi connectivity index (χ2v) is 8.98. The Hall–Kier alpha value is -3.59. The SMILES string of the molecule is O=C(COc1cccc(/C=C2\SC(=O)N(CC(=O)N3CCCCC3)C2=O)c1)Nc1ccccc1. The Bertz CT molecular complexity index is 1110. The normalized spacial score (nSPS) is 17.2. The standard InChI is InChI=1S/C25H25N3O5S/c29-22(26-19-9-3-1-4-10-19)17-33-20-11-7-8-18(14-20)15-21-24(31)28(25(32)34-21)16-23(30)27-12-5-2-6-13-27/h1,3-4,7-11,14-15H,2,5-6,12-13,16-17H2,(H,26,29)/b21-15-. The van der Waals surface area contributed by atoms with E-state index in [0.29, 0.717) is 30.1 Å². The van der Waals surface area contributed by atoms with Crippen LogP contribution in [0.15, 0.2) is 59.5 Å². The molecule has 2 aromatic rings. The van der Waals surface area contributed by atoms with Gasteiger partial charge < -0.3 is 15.0 Å². The number of piperidine rings is 1. The summed E-state index contributed by atoms with van der Waals surface area (Å²) in [5.74, 6) is -0.520. The van der Waals surface area contributed by atoms with Crippen LogP contribution < -0.4 is 10.1 Å². The number of thioether (sulfide) groups is 1. The monoisotopic (exact) mass is 479 g/mol. The van der Waals surface area contributed by atoms with Crippen LogP contribution in [-0.4, -0.2) is 59.0 Å². The summed E-state index contributed by atoms with van der Waals surface area (Å²) in [6.07, 6.45) is 4.57. The highest BCUT2D eigenvalue weighted by Gasteiger charge is 2.37. The zero-order valence-corrected chi connectivity index (χ0v) is 19.4. The average Bonchev–Trinajstić information content (AvgIpc) is 3.11. The Balaban J connectivity index is 1.35. The van der Waals surface area contributed by atoms with E-state index in [1.54, 1.807) is 47.4 Å². The number of carbonyl (C=O) groups is 4. The molecule has 2 saturated heterocycles. The topological polar surface area (TPSA) is 96.0 Å². The van der Waals surface area contributed by atoms with Crippen molar-refractivity contribution in [3.05, 3.63) is 65.1 Å². The molecule has 2 aromatic carbocycles. The molecule has 2 fully saturated rings. The molecule has 0 aliphatic carbocycles. The largest absolute Gasteiger partial charge is 0.484 e. The van der Waals surface area contributed by atoms with Gasteiger partial charge in [-0.25, -0.2) is 0 Å². The van der Waals surface area contributed by atoms with Gasteiger partial charge in [-0.3, -0.25) is 24.1 Å². The van der Waals surface area contributed by atoms with Crippen molar-refractivity contribution < 1.29 is 23.9 Å². The number of rotatable bonds is 7. The fraction of sp³-hybridized carbons (Fsp3) is 0.280. The number of ether oxygens (including phenoxy) is 1. The van der Waals surface area contributed by atoms with E-state index in [9.17, 15) is 19.2 Å². The smallest absolute Gasteiger partial charge is 0.294 e. The molecular formula is C25H25N3O5S. The highest BCUT2D eigenvalue weighted by molar-refractivity contribution is 8.18. The summed E-state index contributed by atoms with van der Waals surface area (Å²) in [5.41, 5.74) is 1.33. The van der Waals surface area contributed by atoms with Crippen LogP contribution in [0.4, 0.5) is 10.5 Å². The Labute approximate surface area is 201 Å². The number of para-hydroxylation sites is 1. The van der Waals surface area contributed by atoms with Gasteiger partial charge in [0, 0.05) is 18.8 Å². The van der Waals surface area contributed by atoms with Crippen LogP contribution in [0.1, 0.15) is 24.8 Å². The van der Waals surface area contributed by atoms with Crippen LogP contribution in [0, 0.1) is 0 Å². The molecule has 2 heterocycles. The van der Waals surface area contributed by atoms with Crippen LogP contribution in [0.5, 0.6) is 5.75 Å². The quantitative estimate of drug-likeness (QED) is 0.608. The zero-order chi connectivity index (χ0) is 23.9. The predicted molar refractivity (Wildman–Crippen MR) is 130 cm³/mol. The number of imide groups is 1. The summed E-state index contributed by atoms with van der Waals surface area (Å²) < 4.78 is 5.57. The molecule has 0 atom stereocenters. The van der Waals surface area contributed by atoms with E-state index in [0.717, 1.165) is 35.9 Å². The lowest BCUT2D eigenvalue weighted by atomic mass is 10.1. The highest BCUT2D eigenvalue weighted by Crippen LogP contribution is 2.32. The number of hydrogen-bond donors (Lipinski definition) is 1. The van der Waals surface area contributed by atoms with E-state index in [2.05, 4.69) is 5.32 Å². The van der Waals surface area contributed by atoms with Gasteiger partial charge in [0.15, 0.2) is 6.61 Å². The lowest BCUT2D eigenvalue weighted by Crippen LogP contribution is -2.44. The summed E-state index contributed by atoms with van der Waals surface area (Å²) in [7, 11) is 0. The number of nitrogens with one attached hydrogen (secondary N) is 1. The molecule has 2 aliphatic heterocycles. The van der Waals surface area contributed by atoms with Crippen LogP contribution in [0.2, 0.25) is 0 Å². The number of likely N-dealkylation sites (tertiary alicyclic amines) is 1. The van der Waals surface area contributed by atoms with Gasteiger partial charge in [0.05, 0.1) is 4.91 Å². The number of nitrogens with zero attached hydrogens (tertiary/aromatic N) is 2. The zero-order valence-electron chi connectivity index (χ0n) is 18.6. The maximum atomic E-state index is 12.8. The molecule has 0 bridgehead atoms. The van der Waals surface area contributed by atoms with Crippen molar-refractivity contribution in [3.63, 3.8) is 0 Å². The summed E-state index contributed by atoms with van der Waals surface area (Å²) >= 11 is 0.813. The number of anilines is 1. The highest BCUT2D eigenvalue weighted by atomic mass is 32.2. The molecule has 0 saturated carbocycles. The van der Waals surface area contributed by atoms with E-state index in [1.807, 2.05) is 18.2 Å². The van der Waals surface area contributed by atoms with Gasteiger partial charge in [0.25, 0.3) is 17.1 Å². The van der Waals surface area contributed by atoms with E-state index in [1.165, 1.54) is 0 Å². The Morgan fingerprint density at radius 2 is 1.76 bits per heavy atom. The summed E-state index contributed by atoms with van der Waals surface area (Å²) in [5, 5.41) is 2.29. The van der Waals surface area contributed by atoms with Crippen molar-refractivity contribution in [1.29, 1.82) is 0 Å². The Morgan fingerprint density at radius 1 is 1.00 bits per heavy atom. The molecule has 1 N–H and O–H groups in total. The third kappa shape index (κ3) is 6.05. The first-order valence-corrected chi connectivity index (χ1v) is 11.9. The Morgan fingerprint density at radius 3 is 2.53 bits per heavy atom. The first kappa shape index (κ1) is 23.6. The molecule has 34 heavy (non-hydrogen) atoms. The molecule has 0 spiro atoms. The second-order valence-electron chi connectivity index (χ2n) is 7.98. The second kappa shape index (κ2) is 11.0. The van der Waals surface area contributed by atoms with Crippen molar-refractivity contribution in [2.45, 2.75) is 19.3 Å². The van der Waals surface area contributed by atoms with E-state index < -0.39 is 11.1 Å². The molecule has 0 unspecified atom stereocenters. The minimum Gasteiger partial charge on any atom is -0.484 e. The van der Waals surface area contributed by atoms with Gasteiger partial charge in [-0.2, -0.15) is 0 Å². The van der Waals surface area contributed by atoms with E-state index in [-0.39, 0.29) is 29.9 Å². The molecule has 4 amide bonds. The fourth-order valence-corrected chi connectivity index (χ4v) is 4.57. The van der Waals surface area contributed by atoms with Gasteiger partial charge in [0.1, 0.15) is 12.3 Å². The number of hydrogen-bond acceptors (Lipinski definition) is 6. The third-order valence-electron chi connectivity index (χ3n) is 5.46. The van der Waals surface area contributed by atoms with E-state index in [4.69, 9.17) is 4.74 Å². The number of carbonyl (C=O) groups excluding carboxylic acids is 4. The number of amides is 4. The van der Waals surface area contributed by atoms with Crippen LogP contribution in [-0.2, 0) is 14.4 Å². The molecule has 176 valence electrons. The molecule has 0 aromatic heterocycles. The molecule has 9 heteroatoms. The minimum absolute atomic E-state index is 0.173. The first-order valence-electron chi connectivity index (χ1n) is 11.1. The van der Waals surface area contributed by atoms with Crippen LogP contribution >= 0.6 is 11.8 Å². The molecular weight excluding hydrogens is 454 g/mol. The fourth-order valence-electron chi connectivity index (χ4n) is 3.73. The third-order valence-corrected chi connectivity index (χ3v) is 6.37.